The molecule has 0 bridgehead atoms. The van der Waals surface area contributed by atoms with Gasteiger partial charge in [-0.1, -0.05) is 36.6 Å². The van der Waals surface area contributed by atoms with Crippen LogP contribution in [-0.2, 0) is 26.2 Å². The summed E-state index contributed by atoms with van der Waals surface area (Å²) in [5.41, 5.74) is 1.17. The van der Waals surface area contributed by atoms with Crippen LogP contribution in [0.2, 0.25) is 5.02 Å². The highest BCUT2D eigenvalue weighted by atomic mass is 35.5. The van der Waals surface area contributed by atoms with Crippen molar-refractivity contribution in [1.29, 1.82) is 0 Å². The summed E-state index contributed by atoms with van der Waals surface area (Å²) in [6, 6.07) is 8.36. The van der Waals surface area contributed by atoms with Crippen molar-refractivity contribution < 1.29 is 22.4 Å². The van der Waals surface area contributed by atoms with Crippen LogP contribution in [0.3, 0.4) is 0 Å². The maximum atomic E-state index is 13.4. The average Bonchev–Trinajstić information content (AvgIpc) is 2.97. The summed E-state index contributed by atoms with van der Waals surface area (Å²) in [6.07, 6.45) is 3.34. The standard InChI is InChI=1S/C22H22ClFN2O4S/c1-13-6-7-14(12-26-21(27)16-4-2-3-5-17(16)22(26)28)10-20(13)31(29,30)25-15-8-9-19(24)18(23)11-15/h6-11,16-17,25H,2-5,12H2,1H3/t16-,17-/m1/s1. The van der Waals surface area contributed by atoms with Crippen LogP contribution < -0.4 is 4.72 Å². The smallest absolute Gasteiger partial charge is 0.262 e. The minimum Gasteiger partial charge on any atom is -0.280 e. The van der Waals surface area contributed by atoms with E-state index in [0.29, 0.717) is 11.1 Å². The Morgan fingerprint density at radius 2 is 1.71 bits per heavy atom. The lowest BCUT2D eigenvalue weighted by molar-refractivity contribution is -0.140. The van der Waals surface area contributed by atoms with Crippen LogP contribution in [0.15, 0.2) is 41.3 Å². The van der Waals surface area contributed by atoms with Gasteiger partial charge >= 0.3 is 0 Å². The molecule has 2 atom stereocenters. The molecule has 1 heterocycles. The number of imide groups is 1. The van der Waals surface area contributed by atoms with Gasteiger partial charge in [-0.05, 0) is 55.2 Å². The zero-order valence-corrected chi connectivity index (χ0v) is 18.5. The van der Waals surface area contributed by atoms with Gasteiger partial charge in [0, 0.05) is 0 Å². The number of sulfonamides is 1. The number of fused-ring (bicyclic) bond motifs is 1. The van der Waals surface area contributed by atoms with Crippen molar-refractivity contribution in [3.63, 3.8) is 0 Å². The molecule has 2 amide bonds. The molecule has 31 heavy (non-hydrogen) atoms. The Morgan fingerprint density at radius 1 is 1.06 bits per heavy atom. The van der Waals surface area contributed by atoms with E-state index >= 15 is 0 Å². The molecule has 2 fully saturated rings. The molecule has 0 unspecified atom stereocenters. The third-order valence-electron chi connectivity index (χ3n) is 5.99. The molecule has 2 aromatic carbocycles. The number of anilines is 1. The van der Waals surface area contributed by atoms with Crippen molar-refractivity contribution in [2.24, 2.45) is 11.8 Å². The third kappa shape index (κ3) is 4.19. The monoisotopic (exact) mass is 464 g/mol. The first kappa shape index (κ1) is 21.8. The number of aryl methyl sites for hydroxylation is 1. The number of benzene rings is 2. The lowest BCUT2D eigenvalue weighted by atomic mass is 9.81. The molecular weight excluding hydrogens is 443 g/mol. The Labute approximate surface area is 185 Å². The number of carbonyl (C=O) groups is 2. The molecule has 2 aromatic rings. The quantitative estimate of drug-likeness (QED) is 0.670. The normalized spacial score (nSPS) is 21.3. The Kier molecular flexibility index (Phi) is 5.79. The minimum atomic E-state index is -4.00. The zero-order chi connectivity index (χ0) is 22.3. The van der Waals surface area contributed by atoms with Gasteiger partial charge in [-0.2, -0.15) is 0 Å². The maximum absolute atomic E-state index is 13.4. The number of hydrogen-bond acceptors (Lipinski definition) is 4. The Balaban J connectivity index is 1.59. The Morgan fingerprint density at radius 3 is 2.32 bits per heavy atom. The Bertz CT molecular complexity index is 1140. The maximum Gasteiger partial charge on any atom is 0.262 e. The summed E-state index contributed by atoms with van der Waals surface area (Å²) in [7, 11) is -4.00. The molecule has 0 spiro atoms. The first-order chi connectivity index (χ1) is 14.7. The summed E-state index contributed by atoms with van der Waals surface area (Å²) in [5.74, 6) is -1.49. The number of likely N-dealkylation sites (tertiary alicyclic amines) is 1. The fourth-order valence-corrected chi connectivity index (χ4v) is 5.90. The molecular formula is C22H22ClFN2O4S. The van der Waals surface area contributed by atoms with Crippen molar-refractivity contribution in [3.8, 4) is 0 Å². The summed E-state index contributed by atoms with van der Waals surface area (Å²) in [6.45, 7) is 1.69. The number of nitrogens with one attached hydrogen (secondary N) is 1. The van der Waals surface area contributed by atoms with Crippen LogP contribution in [0.25, 0.3) is 0 Å². The van der Waals surface area contributed by atoms with Crippen LogP contribution in [0.1, 0.15) is 36.8 Å². The van der Waals surface area contributed by atoms with Gasteiger partial charge in [0.1, 0.15) is 5.82 Å². The SMILES string of the molecule is Cc1ccc(CN2C(=O)[C@@H]3CCCC[C@H]3C2=O)cc1S(=O)(=O)Nc1ccc(F)c(Cl)c1. The van der Waals surface area contributed by atoms with Gasteiger partial charge in [-0.25, -0.2) is 12.8 Å². The summed E-state index contributed by atoms with van der Waals surface area (Å²) >= 11 is 5.74. The second kappa shape index (κ2) is 8.24. The van der Waals surface area contributed by atoms with Crippen molar-refractivity contribution in [3.05, 3.63) is 58.4 Å². The number of hydrogen-bond donors (Lipinski definition) is 1. The molecule has 1 aliphatic heterocycles. The summed E-state index contributed by atoms with van der Waals surface area (Å²) in [4.78, 5) is 26.7. The van der Waals surface area contributed by atoms with Crippen LogP contribution in [-0.4, -0.2) is 25.1 Å². The zero-order valence-electron chi connectivity index (χ0n) is 16.9. The van der Waals surface area contributed by atoms with Crippen molar-refractivity contribution in [2.45, 2.75) is 44.0 Å². The molecule has 1 saturated heterocycles. The van der Waals surface area contributed by atoms with Crippen LogP contribution in [0.4, 0.5) is 10.1 Å². The number of nitrogens with zero attached hydrogens (tertiary/aromatic N) is 1. The van der Waals surface area contributed by atoms with Crippen molar-refractivity contribution >= 4 is 39.1 Å². The molecule has 1 aliphatic carbocycles. The lowest BCUT2D eigenvalue weighted by Crippen LogP contribution is -2.30. The highest BCUT2D eigenvalue weighted by Gasteiger charge is 2.47. The van der Waals surface area contributed by atoms with Gasteiger partial charge in [0.25, 0.3) is 10.0 Å². The molecule has 164 valence electrons. The van der Waals surface area contributed by atoms with E-state index in [9.17, 15) is 22.4 Å². The highest BCUT2D eigenvalue weighted by Crippen LogP contribution is 2.38. The fourth-order valence-electron chi connectivity index (χ4n) is 4.37. The fraction of sp³-hybridized carbons (Fsp3) is 0.364. The van der Waals surface area contributed by atoms with Gasteiger partial charge < -0.3 is 0 Å². The van der Waals surface area contributed by atoms with Gasteiger partial charge in [0.2, 0.25) is 11.8 Å². The van der Waals surface area contributed by atoms with E-state index in [-0.39, 0.29) is 45.8 Å². The van der Waals surface area contributed by atoms with Crippen molar-refractivity contribution in [2.75, 3.05) is 4.72 Å². The van der Waals surface area contributed by atoms with Gasteiger partial charge in [-0.3, -0.25) is 19.2 Å². The number of amides is 2. The number of halogens is 2. The molecule has 1 N–H and O–H groups in total. The van der Waals surface area contributed by atoms with E-state index in [1.807, 2.05) is 0 Å². The second-order valence-electron chi connectivity index (χ2n) is 8.09. The van der Waals surface area contributed by atoms with Gasteiger partial charge in [0.15, 0.2) is 0 Å². The van der Waals surface area contributed by atoms with Gasteiger partial charge in [0.05, 0.1) is 34.0 Å². The average molecular weight is 465 g/mol. The first-order valence-corrected chi connectivity index (χ1v) is 12.0. The Hall–Kier alpha value is -2.45. The highest BCUT2D eigenvalue weighted by molar-refractivity contribution is 7.92. The molecule has 6 nitrogen and oxygen atoms in total. The summed E-state index contributed by atoms with van der Waals surface area (Å²) < 4.78 is 41.7. The lowest BCUT2D eigenvalue weighted by Gasteiger charge is -2.19. The van der Waals surface area contributed by atoms with E-state index in [4.69, 9.17) is 11.6 Å². The van der Waals surface area contributed by atoms with E-state index < -0.39 is 15.8 Å². The predicted octanol–water partition coefficient (Wildman–Crippen LogP) is 4.26. The molecule has 0 aromatic heterocycles. The van der Waals surface area contributed by atoms with Crippen molar-refractivity contribution in [1.82, 2.24) is 4.90 Å². The second-order valence-corrected chi connectivity index (χ2v) is 10.2. The van der Waals surface area contributed by atoms with E-state index in [0.717, 1.165) is 31.7 Å². The van der Waals surface area contributed by atoms with E-state index in [1.54, 1.807) is 19.1 Å². The minimum absolute atomic E-state index is 0.0157. The predicted molar refractivity (Wildman–Crippen MR) is 114 cm³/mol. The largest absolute Gasteiger partial charge is 0.280 e. The number of rotatable bonds is 5. The first-order valence-electron chi connectivity index (χ1n) is 10.1. The molecule has 1 saturated carbocycles. The van der Waals surface area contributed by atoms with E-state index in [2.05, 4.69) is 4.72 Å². The molecule has 0 radical (unpaired) electrons. The topological polar surface area (TPSA) is 83.6 Å². The molecule has 4 rings (SSSR count). The summed E-state index contributed by atoms with van der Waals surface area (Å²) in [5, 5.41) is -0.196. The van der Waals surface area contributed by atoms with Crippen LogP contribution in [0.5, 0.6) is 0 Å². The van der Waals surface area contributed by atoms with Gasteiger partial charge in [-0.15, -0.1) is 0 Å². The van der Waals surface area contributed by atoms with Crippen LogP contribution in [0, 0.1) is 24.6 Å². The van der Waals surface area contributed by atoms with E-state index in [1.165, 1.54) is 23.1 Å². The molecule has 2 aliphatic rings. The molecule has 9 heteroatoms. The third-order valence-corrected chi connectivity index (χ3v) is 7.80. The van der Waals surface area contributed by atoms with Crippen LogP contribution >= 0.6 is 11.6 Å². The number of carbonyl (C=O) groups excluding carboxylic acids is 2.